The van der Waals surface area contributed by atoms with Crippen LogP contribution in [0.2, 0.25) is 0 Å². The van der Waals surface area contributed by atoms with Crippen LogP contribution in [0.25, 0.3) is 0 Å². The van der Waals surface area contributed by atoms with Gasteiger partial charge in [0.1, 0.15) is 23.0 Å². The Balaban J connectivity index is 2.43. The van der Waals surface area contributed by atoms with E-state index in [4.69, 9.17) is 5.11 Å². The molecule has 0 bridgehead atoms. The van der Waals surface area contributed by atoms with Crippen molar-refractivity contribution in [2.75, 3.05) is 5.32 Å². The van der Waals surface area contributed by atoms with E-state index in [-0.39, 0.29) is 17.1 Å². The summed E-state index contributed by atoms with van der Waals surface area (Å²) < 4.78 is 26.9. The van der Waals surface area contributed by atoms with Gasteiger partial charge in [-0.3, -0.25) is 0 Å². The zero-order valence-corrected chi connectivity index (χ0v) is 10.9. The highest BCUT2D eigenvalue weighted by molar-refractivity contribution is 9.10. The molecule has 0 fully saturated rings. The van der Waals surface area contributed by atoms with E-state index in [2.05, 4.69) is 26.2 Å². The summed E-state index contributed by atoms with van der Waals surface area (Å²) in [7, 11) is 0. The van der Waals surface area contributed by atoms with E-state index < -0.39 is 17.6 Å². The standard InChI is InChI=1S/C12H7BrF2N2O2/c13-6-3-8(12(18)19)11(16-5-6)17-10-4-7(14)1-2-9(10)15/h1-5H,(H,16,17)(H,18,19). The molecular formula is C12H7BrF2N2O2. The molecule has 19 heavy (non-hydrogen) atoms. The molecule has 0 saturated heterocycles. The first kappa shape index (κ1) is 13.4. The topological polar surface area (TPSA) is 62.2 Å². The van der Waals surface area contributed by atoms with Gasteiger partial charge in [0.15, 0.2) is 0 Å². The molecule has 2 N–H and O–H groups in total. The van der Waals surface area contributed by atoms with Crippen LogP contribution in [0.4, 0.5) is 20.3 Å². The SMILES string of the molecule is O=C(O)c1cc(Br)cnc1Nc1cc(F)ccc1F. The minimum Gasteiger partial charge on any atom is -0.478 e. The number of hydrogen-bond donors (Lipinski definition) is 2. The van der Waals surface area contributed by atoms with Crippen molar-refractivity contribution >= 4 is 33.4 Å². The summed E-state index contributed by atoms with van der Waals surface area (Å²) in [6.07, 6.45) is 1.35. The number of benzene rings is 1. The van der Waals surface area contributed by atoms with Gasteiger partial charge in [0, 0.05) is 16.7 Å². The van der Waals surface area contributed by atoms with Gasteiger partial charge in [-0.25, -0.2) is 18.6 Å². The third-order valence-corrected chi connectivity index (χ3v) is 2.70. The van der Waals surface area contributed by atoms with Gasteiger partial charge in [-0.15, -0.1) is 0 Å². The number of nitrogens with one attached hydrogen (secondary N) is 1. The lowest BCUT2D eigenvalue weighted by atomic mass is 10.2. The fourth-order valence-electron chi connectivity index (χ4n) is 1.42. The van der Waals surface area contributed by atoms with Crippen molar-refractivity contribution in [2.45, 2.75) is 0 Å². The molecule has 0 atom stereocenters. The molecule has 7 heteroatoms. The van der Waals surface area contributed by atoms with Crippen molar-refractivity contribution in [3.63, 3.8) is 0 Å². The smallest absolute Gasteiger partial charge is 0.339 e. The Morgan fingerprint density at radius 2 is 2.05 bits per heavy atom. The molecule has 0 unspecified atom stereocenters. The first-order valence-corrected chi connectivity index (χ1v) is 5.87. The number of hydrogen-bond acceptors (Lipinski definition) is 3. The van der Waals surface area contributed by atoms with E-state index >= 15 is 0 Å². The Bertz CT molecular complexity index is 650. The van der Waals surface area contributed by atoms with Crippen LogP contribution in [-0.4, -0.2) is 16.1 Å². The molecule has 1 aromatic heterocycles. The Kier molecular flexibility index (Phi) is 3.75. The largest absolute Gasteiger partial charge is 0.478 e. The maximum atomic E-state index is 13.5. The van der Waals surface area contributed by atoms with E-state index in [1.165, 1.54) is 12.3 Å². The van der Waals surface area contributed by atoms with Crippen molar-refractivity contribution in [1.82, 2.24) is 4.98 Å². The van der Waals surface area contributed by atoms with Crippen LogP contribution in [0, 0.1) is 11.6 Å². The highest BCUT2D eigenvalue weighted by Gasteiger charge is 2.14. The van der Waals surface area contributed by atoms with E-state index in [1.807, 2.05) is 0 Å². The predicted octanol–water partition coefficient (Wildman–Crippen LogP) is 3.56. The molecule has 0 aliphatic heterocycles. The first-order valence-electron chi connectivity index (χ1n) is 5.08. The molecule has 98 valence electrons. The second-order valence-electron chi connectivity index (χ2n) is 3.60. The van der Waals surface area contributed by atoms with Crippen molar-refractivity contribution in [3.8, 4) is 0 Å². The molecule has 1 aromatic carbocycles. The van der Waals surface area contributed by atoms with Gasteiger partial charge >= 0.3 is 5.97 Å². The number of anilines is 2. The summed E-state index contributed by atoms with van der Waals surface area (Å²) in [5.41, 5.74) is -0.338. The molecule has 2 rings (SSSR count). The molecule has 0 aliphatic rings. The van der Waals surface area contributed by atoms with Crippen LogP contribution >= 0.6 is 15.9 Å². The highest BCUT2D eigenvalue weighted by Crippen LogP contribution is 2.24. The van der Waals surface area contributed by atoms with Gasteiger partial charge < -0.3 is 10.4 Å². The third kappa shape index (κ3) is 3.05. The maximum absolute atomic E-state index is 13.5. The number of aromatic nitrogens is 1. The summed E-state index contributed by atoms with van der Waals surface area (Å²) in [5.74, 6) is -2.64. The average Bonchev–Trinajstić information content (AvgIpc) is 2.35. The zero-order valence-electron chi connectivity index (χ0n) is 9.32. The van der Waals surface area contributed by atoms with Crippen LogP contribution in [0.3, 0.4) is 0 Å². The third-order valence-electron chi connectivity index (χ3n) is 2.27. The van der Waals surface area contributed by atoms with Crippen LogP contribution in [0.15, 0.2) is 34.9 Å². The number of nitrogens with zero attached hydrogens (tertiary/aromatic N) is 1. The van der Waals surface area contributed by atoms with Gasteiger partial charge in [-0.1, -0.05) is 0 Å². The molecule has 0 saturated carbocycles. The normalized spacial score (nSPS) is 10.3. The lowest BCUT2D eigenvalue weighted by molar-refractivity contribution is 0.0697. The van der Waals surface area contributed by atoms with Crippen molar-refractivity contribution in [1.29, 1.82) is 0 Å². The number of carboxylic acids is 1. The number of carboxylic acid groups (broad SMARTS) is 1. The fraction of sp³-hybridized carbons (Fsp3) is 0. The molecule has 0 radical (unpaired) electrons. The molecule has 2 aromatic rings. The highest BCUT2D eigenvalue weighted by atomic mass is 79.9. The first-order chi connectivity index (χ1) is 8.97. The molecule has 0 aliphatic carbocycles. The molecule has 0 spiro atoms. The number of pyridine rings is 1. The Hall–Kier alpha value is -2.02. The van der Waals surface area contributed by atoms with Crippen molar-refractivity contribution in [2.24, 2.45) is 0 Å². The van der Waals surface area contributed by atoms with Gasteiger partial charge in [-0.2, -0.15) is 0 Å². The maximum Gasteiger partial charge on any atom is 0.339 e. The summed E-state index contributed by atoms with van der Waals surface area (Å²) in [6, 6.07) is 4.14. The van der Waals surface area contributed by atoms with E-state index in [1.54, 1.807) is 0 Å². The molecule has 1 heterocycles. The summed E-state index contributed by atoms with van der Waals surface area (Å²) in [6.45, 7) is 0. The Morgan fingerprint density at radius 1 is 1.32 bits per heavy atom. The Morgan fingerprint density at radius 3 is 2.74 bits per heavy atom. The molecular weight excluding hydrogens is 322 g/mol. The number of rotatable bonds is 3. The average molecular weight is 329 g/mol. The van der Waals surface area contributed by atoms with E-state index in [0.29, 0.717) is 4.47 Å². The zero-order chi connectivity index (χ0) is 14.0. The minimum absolute atomic E-state index is 0.0693. The fourth-order valence-corrected chi connectivity index (χ4v) is 1.75. The minimum atomic E-state index is -1.23. The second kappa shape index (κ2) is 5.31. The van der Waals surface area contributed by atoms with E-state index in [0.717, 1.165) is 18.2 Å². The summed E-state index contributed by atoms with van der Waals surface area (Å²) in [5, 5.41) is 11.5. The Labute approximate surface area is 115 Å². The molecule has 4 nitrogen and oxygen atoms in total. The van der Waals surface area contributed by atoms with Crippen LogP contribution in [0.1, 0.15) is 10.4 Å². The summed E-state index contributed by atoms with van der Waals surface area (Å²) in [4.78, 5) is 14.9. The number of halogens is 3. The van der Waals surface area contributed by atoms with Gasteiger partial charge in [-0.05, 0) is 34.1 Å². The summed E-state index contributed by atoms with van der Waals surface area (Å²) >= 11 is 3.09. The van der Waals surface area contributed by atoms with Gasteiger partial charge in [0.05, 0.1) is 5.69 Å². The lowest BCUT2D eigenvalue weighted by Crippen LogP contribution is -2.06. The van der Waals surface area contributed by atoms with Crippen LogP contribution in [-0.2, 0) is 0 Å². The van der Waals surface area contributed by atoms with Crippen LogP contribution < -0.4 is 5.32 Å². The van der Waals surface area contributed by atoms with Crippen molar-refractivity contribution < 1.29 is 18.7 Å². The van der Waals surface area contributed by atoms with Crippen molar-refractivity contribution in [3.05, 3.63) is 52.1 Å². The lowest BCUT2D eigenvalue weighted by Gasteiger charge is -2.09. The predicted molar refractivity (Wildman–Crippen MR) is 68.5 cm³/mol. The number of aromatic carboxylic acids is 1. The van der Waals surface area contributed by atoms with Crippen LogP contribution in [0.5, 0.6) is 0 Å². The van der Waals surface area contributed by atoms with E-state index in [9.17, 15) is 13.6 Å². The monoisotopic (exact) mass is 328 g/mol. The second-order valence-corrected chi connectivity index (χ2v) is 4.52. The number of carbonyl (C=O) groups is 1. The van der Waals surface area contributed by atoms with Gasteiger partial charge in [0.2, 0.25) is 0 Å². The molecule has 0 amide bonds. The van der Waals surface area contributed by atoms with Gasteiger partial charge in [0.25, 0.3) is 0 Å². The quantitative estimate of drug-likeness (QED) is 0.904.